The Hall–Kier alpha value is -2.38. The summed E-state index contributed by atoms with van der Waals surface area (Å²) in [5.41, 5.74) is -2.44. The van der Waals surface area contributed by atoms with Gasteiger partial charge in [-0.05, 0) is 25.1 Å². The van der Waals surface area contributed by atoms with Crippen LogP contribution in [0.1, 0.15) is 27.9 Å². The normalized spacial score (nSPS) is 20.2. The Balaban J connectivity index is 2.08. The third-order valence-corrected chi connectivity index (χ3v) is 4.33. The van der Waals surface area contributed by atoms with Gasteiger partial charge >= 0.3 is 6.18 Å². The number of alkyl halides is 3. The van der Waals surface area contributed by atoms with Gasteiger partial charge in [0.25, 0.3) is 5.91 Å². The minimum Gasteiger partial charge on any atom is -0.365 e. The molecule has 4 nitrogen and oxygen atoms in total. The average molecular weight is 383 g/mol. The smallest absolute Gasteiger partial charge is 0.365 e. The van der Waals surface area contributed by atoms with Crippen molar-refractivity contribution in [3.63, 3.8) is 0 Å². The molecule has 1 atom stereocenters. The lowest BCUT2D eigenvalue weighted by molar-refractivity contribution is -0.0816. The SMILES string of the molecule is Cc1ccc([C@]2(O)CC(C(F)(F)F)=NN2C(=O)c2cccc(Cl)c2)cc1. The number of benzene rings is 2. The molecule has 136 valence electrons. The van der Waals surface area contributed by atoms with Crippen molar-refractivity contribution in [2.24, 2.45) is 5.10 Å². The number of carbonyl (C=O) groups is 1. The number of nitrogens with zero attached hydrogens (tertiary/aromatic N) is 2. The van der Waals surface area contributed by atoms with Gasteiger partial charge in [-0.2, -0.15) is 23.3 Å². The fraction of sp³-hybridized carbons (Fsp3) is 0.222. The van der Waals surface area contributed by atoms with Crippen molar-refractivity contribution < 1.29 is 23.1 Å². The van der Waals surface area contributed by atoms with E-state index in [1.807, 2.05) is 0 Å². The van der Waals surface area contributed by atoms with Crippen LogP contribution in [0.3, 0.4) is 0 Å². The summed E-state index contributed by atoms with van der Waals surface area (Å²) in [6, 6.07) is 11.9. The molecule has 0 unspecified atom stereocenters. The van der Waals surface area contributed by atoms with Gasteiger partial charge in [0.05, 0.1) is 6.42 Å². The molecule has 26 heavy (non-hydrogen) atoms. The number of hydrogen-bond donors (Lipinski definition) is 1. The molecule has 0 aromatic heterocycles. The Kier molecular flexibility index (Phi) is 4.54. The van der Waals surface area contributed by atoms with Gasteiger partial charge in [0.2, 0.25) is 0 Å². The molecule has 1 aliphatic heterocycles. The van der Waals surface area contributed by atoms with Crippen molar-refractivity contribution in [3.8, 4) is 0 Å². The number of hydrazone groups is 1. The second kappa shape index (κ2) is 6.41. The molecule has 0 saturated carbocycles. The molecule has 0 spiro atoms. The van der Waals surface area contributed by atoms with Crippen molar-refractivity contribution in [2.75, 3.05) is 0 Å². The summed E-state index contributed by atoms with van der Waals surface area (Å²) in [5, 5.41) is 15.1. The Morgan fingerprint density at radius 3 is 2.46 bits per heavy atom. The lowest BCUT2D eigenvalue weighted by Crippen LogP contribution is -2.43. The zero-order valence-electron chi connectivity index (χ0n) is 13.6. The van der Waals surface area contributed by atoms with Gasteiger partial charge in [0.1, 0.15) is 5.71 Å². The maximum Gasteiger partial charge on any atom is 0.431 e. The van der Waals surface area contributed by atoms with Crippen molar-refractivity contribution in [3.05, 3.63) is 70.2 Å². The highest BCUT2D eigenvalue weighted by atomic mass is 35.5. The number of rotatable bonds is 2. The number of aryl methyl sites for hydroxylation is 1. The van der Waals surface area contributed by atoms with Gasteiger partial charge in [0.15, 0.2) is 5.72 Å². The predicted molar refractivity (Wildman–Crippen MR) is 90.8 cm³/mol. The van der Waals surface area contributed by atoms with E-state index in [1.165, 1.54) is 36.4 Å². The molecule has 3 rings (SSSR count). The first-order valence-electron chi connectivity index (χ1n) is 7.65. The Bertz CT molecular complexity index is 881. The third-order valence-electron chi connectivity index (χ3n) is 4.09. The second-order valence-electron chi connectivity index (χ2n) is 6.03. The number of amides is 1. The van der Waals surface area contributed by atoms with Gasteiger partial charge < -0.3 is 5.11 Å². The number of aliphatic hydroxyl groups is 1. The summed E-state index contributed by atoms with van der Waals surface area (Å²) < 4.78 is 39.6. The van der Waals surface area contributed by atoms with E-state index in [0.29, 0.717) is 5.01 Å². The predicted octanol–water partition coefficient (Wildman–Crippen LogP) is 4.26. The summed E-state index contributed by atoms with van der Waals surface area (Å²) >= 11 is 5.85. The maximum absolute atomic E-state index is 13.2. The Morgan fingerprint density at radius 2 is 1.88 bits per heavy atom. The summed E-state index contributed by atoms with van der Waals surface area (Å²) in [4.78, 5) is 12.8. The molecule has 0 bridgehead atoms. The van der Waals surface area contributed by atoms with Crippen LogP contribution in [0.25, 0.3) is 0 Å². The molecular formula is C18H14ClF3N2O2. The first-order valence-corrected chi connectivity index (χ1v) is 8.03. The molecule has 2 aromatic rings. The quantitative estimate of drug-likeness (QED) is 0.843. The highest BCUT2D eigenvalue weighted by Gasteiger charge is 2.53. The van der Waals surface area contributed by atoms with Gasteiger partial charge in [-0.1, -0.05) is 47.5 Å². The van der Waals surface area contributed by atoms with Crippen LogP contribution in [0.4, 0.5) is 13.2 Å². The van der Waals surface area contributed by atoms with E-state index in [-0.39, 0.29) is 16.1 Å². The molecule has 0 fully saturated rings. The Labute approximate surface area is 152 Å². The van der Waals surface area contributed by atoms with Crippen molar-refractivity contribution in [1.82, 2.24) is 5.01 Å². The van der Waals surface area contributed by atoms with Gasteiger partial charge in [0, 0.05) is 16.1 Å². The van der Waals surface area contributed by atoms with Crippen LogP contribution >= 0.6 is 11.6 Å². The molecule has 1 heterocycles. The van der Waals surface area contributed by atoms with Crippen LogP contribution < -0.4 is 0 Å². The fourth-order valence-electron chi connectivity index (χ4n) is 2.71. The molecule has 2 aromatic carbocycles. The summed E-state index contributed by atoms with van der Waals surface area (Å²) in [6.45, 7) is 1.80. The van der Waals surface area contributed by atoms with Crippen LogP contribution in [0.5, 0.6) is 0 Å². The van der Waals surface area contributed by atoms with E-state index >= 15 is 0 Å². The average Bonchev–Trinajstić information content (AvgIpc) is 2.94. The zero-order chi connectivity index (χ0) is 19.1. The van der Waals surface area contributed by atoms with Gasteiger partial charge in [-0.25, -0.2) is 0 Å². The number of halogens is 4. The van der Waals surface area contributed by atoms with E-state index in [1.54, 1.807) is 19.1 Å². The molecule has 1 aliphatic rings. The fourth-order valence-corrected chi connectivity index (χ4v) is 2.90. The first-order chi connectivity index (χ1) is 12.1. The minimum absolute atomic E-state index is 0.0233. The molecular weight excluding hydrogens is 369 g/mol. The summed E-state index contributed by atoms with van der Waals surface area (Å²) in [7, 11) is 0. The molecule has 0 aliphatic carbocycles. The monoisotopic (exact) mass is 382 g/mol. The zero-order valence-corrected chi connectivity index (χ0v) is 14.3. The third kappa shape index (κ3) is 3.32. The van der Waals surface area contributed by atoms with E-state index in [4.69, 9.17) is 11.6 Å². The van der Waals surface area contributed by atoms with E-state index in [0.717, 1.165) is 5.56 Å². The summed E-state index contributed by atoms with van der Waals surface area (Å²) in [5.74, 6) is -0.880. The molecule has 1 amide bonds. The highest BCUT2D eigenvalue weighted by molar-refractivity contribution is 6.31. The van der Waals surface area contributed by atoms with Gasteiger partial charge in [-0.3, -0.25) is 4.79 Å². The second-order valence-corrected chi connectivity index (χ2v) is 6.47. The highest BCUT2D eigenvalue weighted by Crippen LogP contribution is 2.40. The largest absolute Gasteiger partial charge is 0.431 e. The van der Waals surface area contributed by atoms with Crippen LogP contribution in [0, 0.1) is 6.92 Å². The lowest BCUT2D eigenvalue weighted by Gasteiger charge is -2.31. The van der Waals surface area contributed by atoms with Crippen molar-refractivity contribution >= 4 is 23.2 Å². The van der Waals surface area contributed by atoms with E-state index in [9.17, 15) is 23.1 Å². The van der Waals surface area contributed by atoms with Crippen LogP contribution in [-0.4, -0.2) is 27.9 Å². The van der Waals surface area contributed by atoms with Crippen LogP contribution in [0.2, 0.25) is 5.02 Å². The molecule has 0 radical (unpaired) electrons. The van der Waals surface area contributed by atoms with Crippen LogP contribution in [-0.2, 0) is 5.72 Å². The topological polar surface area (TPSA) is 52.9 Å². The maximum atomic E-state index is 13.2. The first kappa shape index (κ1) is 18.4. The van der Waals surface area contributed by atoms with E-state index in [2.05, 4.69) is 5.10 Å². The summed E-state index contributed by atoms with van der Waals surface area (Å²) in [6.07, 6.45) is -5.62. The van der Waals surface area contributed by atoms with E-state index < -0.39 is 29.9 Å². The van der Waals surface area contributed by atoms with Crippen molar-refractivity contribution in [2.45, 2.75) is 25.2 Å². The number of carbonyl (C=O) groups excluding carboxylic acids is 1. The number of hydrogen-bond acceptors (Lipinski definition) is 3. The Morgan fingerprint density at radius 1 is 1.23 bits per heavy atom. The van der Waals surface area contributed by atoms with Crippen LogP contribution in [0.15, 0.2) is 53.6 Å². The van der Waals surface area contributed by atoms with Gasteiger partial charge in [-0.15, -0.1) is 0 Å². The lowest BCUT2D eigenvalue weighted by atomic mass is 9.95. The molecule has 8 heteroatoms. The van der Waals surface area contributed by atoms with Crippen molar-refractivity contribution in [1.29, 1.82) is 0 Å². The minimum atomic E-state index is -4.76. The molecule has 0 saturated heterocycles. The molecule has 1 N–H and O–H groups in total. The standard InChI is InChI=1S/C18H14ClF3N2O2/c1-11-5-7-13(8-6-11)17(26)10-15(18(20,21)22)23-24(17)16(25)12-3-2-4-14(19)9-12/h2-9,26H,10H2,1H3/t17-/m1/s1.